The van der Waals surface area contributed by atoms with Crippen LogP contribution in [0, 0.1) is 6.92 Å². The summed E-state index contributed by atoms with van der Waals surface area (Å²) in [7, 11) is 0. The van der Waals surface area contributed by atoms with Crippen LogP contribution in [0.5, 0.6) is 11.5 Å². The first-order valence-corrected chi connectivity index (χ1v) is 20.1. The maximum absolute atomic E-state index is 6.92. The number of ether oxygens (including phenoxy) is 1. The van der Waals surface area contributed by atoms with Crippen LogP contribution < -0.4 is 26.0 Å². The van der Waals surface area contributed by atoms with Crippen LogP contribution in [-0.4, -0.2) is 6.71 Å². The van der Waals surface area contributed by atoms with Gasteiger partial charge in [0, 0.05) is 16.9 Å². The van der Waals surface area contributed by atoms with Crippen LogP contribution in [0.1, 0.15) is 137 Å². The highest BCUT2D eigenvalue weighted by Crippen LogP contribution is 2.47. The van der Waals surface area contributed by atoms with Gasteiger partial charge in [-0.15, -0.1) is 0 Å². The monoisotopic (exact) mass is 715 g/mol. The molecule has 2 aliphatic rings. The lowest BCUT2D eigenvalue weighted by Crippen LogP contribution is -2.60. The summed E-state index contributed by atoms with van der Waals surface area (Å²) in [5.41, 5.74) is 18.0. The first-order chi connectivity index (χ1) is 24.8. The summed E-state index contributed by atoms with van der Waals surface area (Å²) in [6.45, 7) is 37.2. The lowest BCUT2D eigenvalue weighted by atomic mass is 9.33. The molecule has 0 radical (unpaired) electrons. The summed E-state index contributed by atoms with van der Waals surface area (Å²) >= 11 is 0. The highest BCUT2D eigenvalue weighted by atomic mass is 16.5. The second-order valence-corrected chi connectivity index (χ2v) is 21.3. The van der Waals surface area contributed by atoms with E-state index in [2.05, 4.69) is 201 Å². The zero-order valence-electron chi connectivity index (χ0n) is 36.0. The van der Waals surface area contributed by atoms with Gasteiger partial charge in [0.15, 0.2) is 0 Å². The zero-order valence-corrected chi connectivity index (χ0v) is 36.0. The highest BCUT2D eigenvalue weighted by molar-refractivity contribution is 6.99. The molecule has 5 aromatic carbocycles. The Morgan fingerprint density at radius 3 is 1.56 bits per heavy atom. The van der Waals surface area contributed by atoms with E-state index in [-0.39, 0.29) is 33.8 Å². The van der Waals surface area contributed by atoms with Crippen LogP contribution in [0.2, 0.25) is 0 Å². The van der Waals surface area contributed by atoms with Gasteiger partial charge < -0.3 is 9.64 Å². The Morgan fingerprint density at radius 1 is 0.444 bits per heavy atom. The zero-order chi connectivity index (χ0) is 39.5. The Bertz CT molecular complexity index is 2290. The number of nitrogens with zero attached hydrogens (tertiary/aromatic N) is 1. The van der Waals surface area contributed by atoms with Crippen molar-refractivity contribution in [1.82, 2.24) is 0 Å². The molecule has 5 aromatic rings. The van der Waals surface area contributed by atoms with E-state index in [1.807, 2.05) is 0 Å². The summed E-state index contributed by atoms with van der Waals surface area (Å²) in [6.07, 6.45) is 0. The normalized spacial score (nSPS) is 14.4. The lowest BCUT2D eigenvalue weighted by Gasteiger charge is -2.42. The second-order valence-electron chi connectivity index (χ2n) is 21.3. The summed E-state index contributed by atoms with van der Waals surface area (Å²) in [5, 5.41) is 0. The molecule has 0 fully saturated rings. The molecule has 0 aliphatic carbocycles. The van der Waals surface area contributed by atoms with Crippen molar-refractivity contribution in [3.05, 3.63) is 118 Å². The predicted molar refractivity (Wildman–Crippen MR) is 236 cm³/mol. The van der Waals surface area contributed by atoms with Crippen LogP contribution >= 0.6 is 0 Å². The minimum Gasteiger partial charge on any atom is -0.458 e. The van der Waals surface area contributed by atoms with E-state index in [1.165, 1.54) is 78.0 Å². The van der Waals surface area contributed by atoms with Crippen LogP contribution in [0.25, 0.3) is 11.1 Å². The molecule has 0 aromatic heterocycles. The van der Waals surface area contributed by atoms with Gasteiger partial charge in [0.25, 0.3) is 6.71 Å². The summed E-state index contributed by atoms with van der Waals surface area (Å²) < 4.78 is 6.92. The molecule has 0 saturated carbocycles. The summed E-state index contributed by atoms with van der Waals surface area (Å²) in [5.74, 6) is 1.92. The van der Waals surface area contributed by atoms with Crippen LogP contribution in [-0.2, 0) is 27.1 Å². The van der Waals surface area contributed by atoms with Crippen LogP contribution in [0.15, 0.2) is 84.9 Å². The minimum absolute atomic E-state index is 0.00479. The number of fused-ring (bicyclic) bond motifs is 4. The molecule has 0 N–H and O–H groups in total. The Kier molecular flexibility index (Phi) is 8.73. The number of hydrogen-bond donors (Lipinski definition) is 0. The number of anilines is 3. The van der Waals surface area contributed by atoms with Crippen LogP contribution in [0.3, 0.4) is 0 Å². The van der Waals surface area contributed by atoms with Crippen molar-refractivity contribution in [1.29, 1.82) is 0 Å². The van der Waals surface area contributed by atoms with Crippen molar-refractivity contribution in [2.45, 2.75) is 138 Å². The molecule has 0 saturated heterocycles. The maximum atomic E-state index is 6.92. The fourth-order valence-corrected chi connectivity index (χ4v) is 8.50. The predicted octanol–water partition coefficient (Wildman–Crippen LogP) is 12.6. The van der Waals surface area contributed by atoms with Gasteiger partial charge in [-0.25, -0.2) is 0 Å². The first-order valence-electron chi connectivity index (χ1n) is 20.1. The van der Waals surface area contributed by atoms with Gasteiger partial charge >= 0.3 is 0 Å². The van der Waals surface area contributed by atoms with E-state index in [1.54, 1.807) is 0 Å². The molecule has 0 unspecified atom stereocenters. The molecule has 0 amide bonds. The molecular formula is C51H62BNO. The number of hydrogen-bond acceptors (Lipinski definition) is 2. The molecule has 2 nitrogen and oxygen atoms in total. The average Bonchev–Trinajstić information content (AvgIpc) is 3.05. The van der Waals surface area contributed by atoms with Crippen molar-refractivity contribution in [3.63, 3.8) is 0 Å². The Labute approximate surface area is 327 Å². The number of aryl methyl sites for hydroxylation is 1. The van der Waals surface area contributed by atoms with Gasteiger partial charge in [-0.2, -0.15) is 0 Å². The first kappa shape index (κ1) is 38.1. The molecule has 2 aliphatic heterocycles. The fraction of sp³-hybridized carbons (Fsp3) is 0.412. The molecule has 54 heavy (non-hydrogen) atoms. The molecule has 3 heteroatoms. The van der Waals surface area contributed by atoms with E-state index in [0.717, 1.165) is 11.5 Å². The Hall–Kier alpha value is -4.24. The van der Waals surface area contributed by atoms with E-state index in [0.29, 0.717) is 0 Å². The van der Waals surface area contributed by atoms with Crippen LogP contribution in [0.4, 0.5) is 17.1 Å². The smallest absolute Gasteiger partial charge is 0.256 e. The van der Waals surface area contributed by atoms with E-state index in [4.69, 9.17) is 4.74 Å². The van der Waals surface area contributed by atoms with Crippen molar-refractivity contribution in [3.8, 4) is 22.6 Å². The molecule has 280 valence electrons. The Balaban J connectivity index is 1.57. The second kappa shape index (κ2) is 12.4. The quantitative estimate of drug-likeness (QED) is 0.165. The Morgan fingerprint density at radius 2 is 0.981 bits per heavy atom. The van der Waals surface area contributed by atoms with E-state index in [9.17, 15) is 0 Å². The molecule has 0 bridgehead atoms. The van der Waals surface area contributed by atoms with E-state index < -0.39 is 0 Å². The molecule has 7 rings (SSSR count). The standard InChI is InChI=1S/C51H62BNO/c1-31-25-43-46-45(26-31)54-44-24-20-35(49(8,9)10)30-40(44)52(46)39-29-34(48(5,6)7)19-23-42(39)53(43)41-22-18-33(47(2,3)4)28-36(41)32-17-21-37(50(11,12)13)38(27-32)51(14,15)16/h17-30H,1-16H3. The van der Waals surface area contributed by atoms with Crippen molar-refractivity contribution >= 4 is 40.2 Å². The fourth-order valence-electron chi connectivity index (χ4n) is 8.50. The molecular weight excluding hydrogens is 653 g/mol. The maximum Gasteiger partial charge on any atom is 0.256 e. The SMILES string of the molecule is Cc1cc2c3c(c1)N(c1ccc(C(C)(C)C)cc1-c1ccc(C(C)(C)C)c(C(C)(C)C)c1)c1ccc(C(C)(C)C)cc1B3c1cc(C(C)(C)C)ccc1O2. The highest BCUT2D eigenvalue weighted by Gasteiger charge is 2.43. The average molecular weight is 716 g/mol. The van der Waals surface area contributed by atoms with Crippen molar-refractivity contribution in [2.75, 3.05) is 4.90 Å². The molecule has 0 atom stereocenters. The van der Waals surface area contributed by atoms with Crippen molar-refractivity contribution < 1.29 is 4.74 Å². The number of rotatable bonds is 2. The lowest BCUT2D eigenvalue weighted by molar-refractivity contribution is 0.486. The summed E-state index contributed by atoms with van der Waals surface area (Å²) in [4.78, 5) is 2.56. The minimum atomic E-state index is -0.0129. The molecule has 2 heterocycles. The third-order valence-corrected chi connectivity index (χ3v) is 11.7. The van der Waals surface area contributed by atoms with E-state index >= 15 is 0 Å². The van der Waals surface area contributed by atoms with Gasteiger partial charge in [-0.3, -0.25) is 0 Å². The van der Waals surface area contributed by atoms with Gasteiger partial charge in [0.2, 0.25) is 0 Å². The summed E-state index contributed by atoms with van der Waals surface area (Å²) in [6, 6.07) is 33.2. The number of benzene rings is 5. The van der Waals surface area contributed by atoms with Gasteiger partial charge in [-0.1, -0.05) is 152 Å². The topological polar surface area (TPSA) is 12.5 Å². The van der Waals surface area contributed by atoms with Gasteiger partial charge in [0.05, 0.1) is 5.69 Å². The third kappa shape index (κ3) is 6.60. The third-order valence-electron chi connectivity index (χ3n) is 11.7. The molecule has 0 spiro atoms. The van der Waals surface area contributed by atoms with Gasteiger partial charge in [-0.05, 0) is 126 Å². The van der Waals surface area contributed by atoms with Gasteiger partial charge in [0.1, 0.15) is 11.5 Å². The van der Waals surface area contributed by atoms with Crippen molar-refractivity contribution in [2.24, 2.45) is 0 Å². The largest absolute Gasteiger partial charge is 0.458 e.